The predicted octanol–water partition coefficient (Wildman–Crippen LogP) is 3.93. The first kappa shape index (κ1) is 13.9. The van der Waals surface area contributed by atoms with Crippen LogP contribution in [0.4, 0.5) is 0 Å². The summed E-state index contributed by atoms with van der Waals surface area (Å²) in [7, 11) is 0.480. The molecule has 0 bridgehead atoms. The summed E-state index contributed by atoms with van der Waals surface area (Å²) in [6.07, 6.45) is 1.80. The van der Waals surface area contributed by atoms with Crippen LogP contribution in [0.15, 0.2) is 22.9 Å². The average Bonchev–Trinajstić information content (AvgIpc) is 2.14. The summed E-state index contributed by atoms with van der Waals surface area (Å²) < 4.78 is 6.86. The third-order valence-electron chi connectivity index (χ3n) is 2.03. The SMILES string of the molecule is CC(C)(C)[Si]OC(C)(C)c1ccnc(Br)c1. The molecule has 0 fully saturated rings. The van der Waals surface area contributed by atoms with E-state index in [2.05, 4.69) is 55.5 Å². The van der Waals surface area contributed by atoms with E-state index < -0.39 is 0 Å². The molecule has 1 aromatic rings. The molecule has 0 aliphatic rings. The highest BCUT2D eigenvalue weighted by Gasteiger charge is 2.25. The molecule has 0 saturated carbocycles. The zero-order valence-electron chi connectivity index (χ0n) is 10.5. The summed E-state index contributed by atoms with van der Waals surface area (Å²) in [5, 5.41) is 0.210. The molecule has 1 aromatic heterocycles. The maximum absolute atomic E-state index is 6.01. The first-order chi connectivity index (χ1) is 7.21. The Kier molecular flexibility index (Phi) is 4.32. The average molecular weight is 300 g/mol. The Morgan fingerprint density at radius 2 is 1.88 bits per heavy atom. The van der Waals surface area contributed by atoms with Crippen LogP contribution in [0.2, 0.25) is 5.04 Å². The van der Waals surface area contributed by atoms with Gasteiger partial charge in [0.15, 0.2) is 0 Å². The number of halogens is 1. The third kappa shape index (κ3) is 4.35. The highest BCUT2D eigenvalue weighted by Crippen LogP contribution is 2.29. The van der Waals surface area contributed by atoms with Crippen LogP contribution in [-0.2, 0) is 10.0 Å². The van der Waals surface area contributed by atoms with Crippen molar-refractivity contribution < 1.29 is 4.43 Å². The zero-order valence-corrected chi connectivity index (χ0v) is 13.1. The Balaban J connectivity index is 2.77. The topological polar surface area (TPSA) is 22.1 Å². The molecule has 0 spiro atoms. The standard InChI is InChI=1S/C12H18BrNOSi/c1-11(2,3)16-15-12(4,5)9-6-7-14-10(13)8-9/h6-8H,1-5H3. The molecule has 1 rings (SSSR count). The van der Waals surface area contributed by atoms with Crippen molar-refractivity contribution in [3.63, 3.8) is 0 Å². The summed E-state index contributed by atoms with van der Waals surface area (Å²) in [6.45, 7) is 10.7. The Morgan fingerprint density at radius 3 is 2.38 bits per heavy atom. The van der Waals surface area contributed by atoms with E-state index in [9.17, 15) is 0 Å². The van der Waals surface area contributed by atoms with Crippen LogP contribution < -0.4 is 0 Å². The molecule has 0 aliphatic carbocycles. The maximum Gasteiger partial charge on any atom is 0.236 e. The second-order valence-corrected chi connectivity index (χ2v) is 8.05. The molecule has 4 heteroatoms. The van der Waals surface area contributed by atoms with Crippen LogP contribution >= 0.6 is 15.9 Å². The second-order valence-electron chi connectivity index (χ2n) is 5.33. The number of rotatable bonds is 3. The van der Waals surface area contributed by atoms with Gasteiger partial charge in [0.25, 0.3) is 0 Å². The van der Waals surface area contributed by atoms with Crippen molar-refractivity contribution in [1.82, 2.24) is 4.98 Å². The van der Waals surface area contributed by atoms with Crippen LogP contribution in [0.5, 0.6) is 0 Å². The summed E-state index contributed by atoms with van der Waals surface area (Å²) in [5.74, 6) is 0. The van der Waals surface area contributed by atoms with Crippen LogP contribution in [0.3, 0.4) is 0 Å². The predicted molar refractivity (Wildman–Crippen MR) is 71.5 cm³/mol. The number of nitrogens with zero attached hydrogens (tertiary/aromatic N) is 1. The lowest BCUT2D eigenvalue weighted by Crippen LogP contribution is -2.27. The van der Waals surface area contributed by atoms with Crippen LogP contribution in [0.25, 0.3) is 0 Å². The molecule has 88 valence electrons. The van der Waals surface area contributed by atoms with Crippen LogP contribution in [-0.4, -0.2) is 14.7 Å². The van der Waals surface area contributed by atoms with Crippen LogP contribution in [0.1, 0.15) is 40.2 Å². The van der Waals surface area contributed by atoms with Crippen molar-refractivity contribution in [3.8, 4) is 0 Å². The van der Waals surface area contributed by atoms with E-state index in [-0.39, 0.29) is 10.6 Å². The van der Waals surface area contributed by atoms with E-state index >= 15 is 0 Å². The normalized spacial score (nSPS) is 12.9. The highest BCUT2D eigenvalue weighted by molar-refractivity contribution is 9.10. The van der Waals surface area contributed by atoms with Gasteiger partial charge in [-0.05, 0) is 52.5 Å². The Morgan fingerprint density at radius 1 is 1.25 bits per heavy atom. The first-order valence-corrected chi connectivity index (χ1v) is 6.98. The van der Waals surface area contributed by atoms with Gasteiger partial charge in [0.2, 0.25) is 9.76 Å². The van der Waals surface area contributed by atoms with E-state index in [1.807, 2.05) is 12.1 Å². The van der Waals surface area contributed by atoms with Gasteiger partial charge >= 0.3 is 0 Å². The third-order valence-corrected chi connectivity index (χ3v) is 3.69. The van der Waals surface area contributed by atoms with Crippen molar-refractivity contribution in [1.29, 1.82) is 0 Å². The number of pyridine rings is 1. The van der Waals surface area contributed by atoms with Gasteiger partial charge in [-0.1, -0.05) is 20.8 Å². The molecule has 0 amide bonds. The van der Waals surface area contributed by atoms with Gasteiger partial charge in [-0.3, -0.25) is 0 Å². The zero-order chi connectivity index (χ0) is 12.4. The summed E-state index contributed by atoms with van der Waals surface area (Å²) >= 11 is 3.38. The van der Waals surface area contributed by atoms with Crippen LogP contribution in [0, 0.1) is 0 Å². The van der Waals surface area contributed by atoms with Gasteiger partial charge in [0.05, 0.1) is 5.60 Å². The number of aromatic nitrogens is 1. The number of hydrogen-bond acceptors (Lipinski definition) is 2. The van der Waals surface area contributed by atoms with Gasteiger partial charge in [-0.2, -0.15) is 0 Å². The molecule has 1 heterocycles. The minimum atomic E-state index is -0.267. The molecule has 16 heavy (non-hydrogen) atoms. The number of hydrogen-bond donors (Lipinski definition) is 0. The van der Waals surface area contributed by atoms with Crippen molar-refractivity contribution in [2.75, 3.05) is 0 Å². The molecular formula is C12H18BrNOSi. The van der Waals surface area contributed by atoms with E-state index in [0.29, 0.717) is 9.76 Å². The second kappa shape index (κ2) is 4.98. The fourth-order valence-corrected chi connectivity index (χ4v) is 2.16. The summed E-state index contributed by atoms with van der Waals surface area (Å²) in [6, 6.07) is 4.00. The van der Waals surface area contributed by atoms with Crippen molar-refractivity contribution in [3.05, 3.63) is 28.5 Å². The van der Waals surface area contributed by atoms with Gasteiger partial charge in [0.1, 0.15) is 4.60 Å². The maximum atomic E-state index is 6.01. The molecule has 0 aromatic carbocycles. The Labute approximate surface area is 109 Å². The lowest BCUT2D eigenvalue weighted by molar-refractivity contribution is 0.109. The molecule has 2 nitrogen and oxygen atoms in total. The minimum absolute atomic E-state index is 0.210. The van der Waals surface area contributed by atoms with Gasteiger partial charge in [-0.15, -0.1) is 0 Å². The monoisotopic (exact) mass is 299 g/mol. The molecule has 0 aliphatic heterocycles. The Hall–Kier alpha value is -0.193. The fraction of sp³-hybridized carbons (Fsp3) is 0.583. The fourth-order valence-electron chi connectivity index (χ4n) is 1.12. The summed E-state index contributed by atoms with van der Waals surface area (Å²) in [4.78, 5) is 4.13. The highest BCUT2D eigenvalue weighted by atomic mass is 79.9. The van der Waals surface area contributed by atoms with E-state index in [0.717, 1.165) is 10.2 Å². The molecule has 2 radical (unpaired) electrons. The molecule has 0 atom stereocenters. The molecule has 0 saturated heterocycles. The quantitative estimate of drug-likeness (QED) is 0.623. The summed E-state index contributed by atoms with van der Waals surface area (Å²) in [5.41, 5.74) is 0.878. The van der Waals surface area contributed by atoms with E-state index in [1.165, 1.54) is 0 Å². The lowest BCUT2D eigenvalue weighted by atomic mass is 10.0. The molecule has 0 N–H and O–H groups in total. The van der Waals surface area contributed by atoms with Gasteiger partial charge in [-0.25, -0.2) is 4.98 Å². The smallest absolute Gasteiger partial charge is 0.236 e. The first-order valence-electron chi connectivity index (χ1n) is 5.28. The minimum Gasteiger partial charge on any atom is -0.408 e. The van der Waals surface area contributed by atoms with E-state index in [1.54, 1.807) is 6.20 Å². The lowest BCUT2D eigenvalue weighted by Gasteiger charge is -2.29. The van der Waals surface area contributed by atoms with E-state index in [4.69, 9.17) is 4.43 Å². The molecular weight excluding hydrogens is 282 g/mol. The largest absolute Gasteiger partial charge is 0.408 e. The molecule has 0 unspecified atom stereocenters. The van der Waals surface area contributed by atoms with Crippen molar-refractivity contribution >= 4 is 25.7 Å². The van der Waals surface area contributed by atoms with Gasteiger partial charge in [0, 0.05) is 6.20 Å². The van der Waals surface area contributed by atoms with Crippen molar-refractivity contribution in [2.24, 2.45) is 0 Å². The van der Waals surface area contributed by atoms with Gasteiger partial charge < -0.3 is 4.43 Å². The van der Waals surface area contributed by atoms with Crippen molar-refractivity contribution in [2.45, 2.75) is 45.3 Å². The Bertz CT molecular complexity index is 360.